The molecule has 1 aromatic heterocycles. The summed E-state index contributed by atoms with van der Waals surface area (Å²) in [5.74, 6) is 0.835. The highest BCUT2D eigenvalue weighted by atomic mass is 79.9. The van der Waals surface area contributed by atoms with E-state index in [1.165, 1.54) is 4.90 Å². The van der Waals surface area contributed by atoms with Crippen molar-refractivity contribution in [2.75, 3.05) is 6.54 Å². The van der Waals surface area contributed by atoms with Crippen LogP contribution in [0.2, 0.25) is 0 Å². The summed E-state index contributed by atoms with van der Waals surface area (Å²) in [5.41, 5.74) is -0.133. The van der Waals surface area contributed by atoms with Crippen LogP contribution in [0.5, 0.6) is 0 Å². The summed E-state index contributed by atoms with van der Waals surface area (Å²) in [6, 6.07) is -0.142. The van der Waals surface area contributed by atoms with E-state index in [0.29, 0.717) is 6.54 Å². The maximum atomic E-state index is 11.4. The number of aromatic nitrogens is 2. The van der Waals surface area contributed by atoms with Crippen molar-refractivity contribution in [3.63, 3.8) is 0 Å². The van der Waals surface area contributed by atoms with Crippen LogP contribution in [-0.2, 0) is 5.54 Å². The third-order valence-electron chi connectivity index (χ3n) is 3.46. The number of piperidine rings is 1. The van der Waals surface area contributed by atoms with Crippen molar-refractivity contribution in [3.8, 4) is 0 Å². The van der Waals surface area contributed by atoms with Crippen molar-refractivity contribution in [3.05, 3.63) is 16.6 Å². The van der Waals surface area contributed by atoms with Crippen molar-refractivity contribution >= 4 is 22.0 Å². The Kier molecular flexibility index (Phi) is 3.90. The SMILES string of the molecule is CC(C)(C)n1c(Br)cnc1C1CCCCN1C(=O)O. The van der Waals surface area contributed by atoms with Crippen LogP contribution in [-0.4, -0.2) is 32.2 Å². The zero-order valence-corrected chi connectivity index (χ0v) is 13.1. The number of amides is 1. The molecule has 1 aliphatic heterocycles. The lowest BCUT2D eigenvalue weighted by Gasteiger charge is -2.35. The van der Waals surface area contributed by atoms with Crippen molar-refractivity contribution in [1.29, 1.82) is 0 Å². The zero-order chi connectivity index (χ0) is 14.2. The molecule has 1 N–H and O–H groups in total. The van der Waals surface area contributed by atoms with Gasteiger partial charge in [0.15, 0.2) is 0 Å². The van der Waals surface area contributed by atoms with Gasteiger partial charge in [-0.05, 0) is 56.0 Å². The minimum atomic E-state index is -0.857. The number of hydrogen-bond acceptors (Lipinski definition) is 2. The quantitative estimate of drug-likeness (QED) is 0.856. The van der Waals surface area contributed by atoms with Crippen molar-refractivity contribution in [1.82, 2.24) is 14.5 Å². The third-order valence-corrected chi connectivity index (χ3v) is 4.02. The standard InChI is InChI=1S/C13H20BrN3O2/c1-13(2,3)17-10(14)8-15-11(17)9-6-4-5-7-16(9)12(18)19/h8-9H,4-7H2,1-3H3,(H,18,19). The Labute approximate surface area is 121 Å². The molecule has 0 bridgehead atoms. The molecule has 6 heteroatoms. The molecule has 1 amide bonds. The van der Waals surface area contributed by atoms with Gasteiger partial charge in [0, 0.05) is 12.1 Å². The summed E-state index contributed by atoms with van der Waals surface area (Å²) in [7, 11) is 0. The van der Waals surface area contributed by atoms with E-state index < -0.39 is 6.09 Å². The fraction of sp³-hybridized carbons (Fsp3) is 0.692. The van der Waals surface area contributed by atoms with E-state index in [1.54, 1.807) is 6.20 Å². The predicted molar refractivity (Wildman–Crippen MR) is 76.2 cm³/mol. The molecule has 1 aliphatic rings. The van der Waals surface area contributed by atoms with E-state index >= 15 is 0 Å². The lowest BCUT2D eigenvalue weighted by Crippen LogP contribution is -2.40. The van der Waals surface area contributed by atoms with Gasteiger partial charge in [-0.25, -0.2) is 9.78 Å². The van der Waals surface area contributed by atoms with Gasteiger partial charge in [-0.1, -0.05) is 0 Å². The van der Waals surface area contributed by atoms with E-state index in [2.05, 4.69) is 46.3 Å². The monoisotopic (exact) mass is 329 g/mol. The summed E-state index contributed by atoms with van der Waals surface area (Å²) >= 11 is 3.51. The topological polar surface area (TPSA) is 58.4 Å². The minimum absolute atomic E-state index is 0.133. The number of likely N-dealkylation sites (tertiary alicyclic amines) is 1. The lowest BCUT2D eigenvalue weighted by molar-refractivity contribution is 0.100. The molecule has 0 aliphatic carbocycles. The molecule has 106 valence electrons. The first-order valence-electron chi connectivity index (χ1n) is 6.55. The van der Waals surface area contributed by atoms with Crippen LogP contribution in [0.4, 0.5) is 4.79 Å². The first-order chi connectivity index (χ1) is 8.82. The molecule has 1 atom stereocenters. The maximum absolute atomic E-state index is 11.4. The summed E-state index contributed by atoms with van der Waals surface area (Å²) < 4.78 is 2.98. The predicted octanol–water partition coefficient (Wildman–Crippen LogP) is 3.61. The van der Waals surface area contributed by atoms with Gasteiger partial charge in [0.05, 0.1) is 12.2 Å². The number of imidazole rings is 1. The van der Waals surface area contributed by atoms with Crippen molar-refractivity contribution < 1.29 is 9.90 Å². The molecule has 0 spiro atoms. The number of nitrogens with zero attached hydrogens (tertiary/aromatic N) is 3. The summed E-state index contributed by atoms with van der Waals surface area (Å²) in [6.07, 6.45) is 3.72. The summed E-state index contributed by atoms with van der Waals surface area (Å²) in [5, 5.41) is 9.35. The van der Waals surface area contributed by atoms with Crippen LogP contribution >= 0.6 is 15.9 Å². The molecule has 1 unspecified atom stereocenters. The Hall–Kier alpha value is -1.04. The molecule has 1 saturated heterocycles. The molecular weight excluding hydrogens is 310 g/mol. The molecule has 2 rings (SSSR count). The largest absolute Gasteiger partial charge is 0.465 e. The first kappa shape index (κ1) is 14.4. The molecule has 2 heterocycles. The van der Waals surface area contributed by atoms with E-state index in [1.807, 2.05) is 0 Å². The average Bonchev–Trinajstić information content (AvgIpc) is 2.70. The summed E-state index contributed by atoms with van der Waals surface area (Å²) in [6.45, 7) is 6.87. The molecule has 19 heavy (non-hydrogen) atoms. The van der Waals surface area contributed by atoms with E-state index in [9.17, 15) is 9.90 Å². The van der Waals surface area contributed by atoms with Gasteiger partial charge >= 0.3 is 6.09 Å². The second kappa shape index (κ2) is 5.15. The van der Waals surface area contributed by atoms with Gasteiger partial charge in [0.1, 0.15) is 10.4 Å². The Morgan fingerprint density at radius 3 is 2.74 bits per heavy atom. The van der Waals surface area contributed by atoms with Crippen LogP contribution in [0.3, 0.4) is 0 Å². The molecule has 5 nitrogen and oxygen atoms in total. The smallest absolute Gasteiger partial charge is 0.407 e. The van der Waals surface area contributed by atoms with Gasteiger partial charge in [-0.2, -0.15) is 0 Å². The molecule has 1 fully saturated rings. The van der Waals surface area contributed by atoms with Crippen molar-refractivity contribution in [2.45, 2.75) is 51.6 Å². The number of carboxylic acid groups (broad SMARTS) is 1. The second-order valence-electron chi connectivity index (χ2n) is 5.93. The van der Waals surface area contributed by atoms with Crippen LogP contribution in [0.25, 0.3) is 0 Å². The fourth-order valence-corrected chi connectivity index (χ4v) is 3.49. The fourth-order valence-electron chi connectivity index (χ4n) is 2.67. The molecule has 0 saturated carbocycles. The normalized spacial score (nSPS) is 20.6. The maximum Gasteiger partial charge on any atom is 0.407 e. The molecular formula is C13H20BrN3O2. The Morgan fingerprint density at radius 2 is 2.16 bits per heavy atom. The van der Waals surface area contributed by atoms with Gasteiger partial charge < -0.3 is 9.67 Å². The number of hydrogen-bond donors (Lipinski definition) is 1. The Bertz CT molecular complexity index is 479. The van der Waals surface area contributed by atoms with Crippen molar-refractivity contribution in [2.24, 2.45) is 0 Å². The number of carbonyl (C=O) groups is 1. The third kappa shape index (κ3) is 2.78. The molecule has 0 radical (unpaired) electrons. The van der Waals surface area contributed by atoms with Crippen LogP contribution in [0.15, 0.2) is 10.8 Å². The molecule has 1 aromatic rings. The van der Waals surface area contributed by atoms with Gasteiger partial charge in [0.2, 0.25) is 0 Å². The van der Waals surface area contributed by atoms with Crippen LogP contribution < -0.4 is 0 Å². The van der Waals surface area contributed by atoms with Gasteiger partial charge in [-0.15, -0.1) is 0 Å². The van der Waals surface area contributed by atoms with Crippen LogP contribution in [0, 0.1) is 0 Å². The van der Waals surface area contributed by atoms with Gasteiger partial charge in [0.25, 0.3) is 0 Å². The van der Waals surface area contributed by atoms with E-state index in [0.717, 1.165) is 29.7 Å². The first-order valence-corrected chi connectivity index (χ1v) is 7.35. The highest BCUT2D eigenvalue weighted by Crippen LogP contribution is 2.34. The second-order valence-corrected chi connectivity index (χ2v) is 6.75. The lowest BCUT2D eigenvalue weighted by atomic mass is 10.0. The van der Waals surface area contributed by atoms with Gasteiger partial charge in [-0.3, -0.25) is 4.90 Å². The van der Waals surface area contributed by atoms with Crippen LogP contribution in [0.1, 0.15) is 51.9 Å². The summed E-state index contributed by atoms with van der Waals surface area (Å²) in [4.78, 5) is 17.3. The minimum Gasteiger partial charge on any atom is -0.465 e. The number of halogens is 1. The average molecular weight is 330 g/mol. The number of rotatable bonds is 1. The van der Waals surface area contributed by atoms with E-state index in [4.69, 9.17) is 0 Å². The van der Waals surface area contributed by atoms with E-state index in [-0.39, 0.29) is 11.6 Å². The molecule has 0 aromatic carbocycles. The Morgan fingerprint density at radius 1 is 1.47 bits per heavy atom. The Balaban J connectivity index is 2.43. The highest BCUT2D eigenvalue weighted by molar-refractivity contribution is 9.10. The zero-order valence-electron chi connectivity index (χ0n) is 11.6. The highest BCUT2D eigenvalue weighted by Gasteiger charge is 2.33.